The molecule has 9 heteroatoms. The number of imidazole rings is 1. The highest BCUT2D eigenvalue weighted by Gasteiger charge is 2.13. The quantitative estimate of drug-likeness (QED) is 0.363. The number of aryl methyl sites for hydroxylation is 1. The van der Waals surface area contributed by atoms with E-state index in [0.29, 0.717) is 12.4 Å². The van der Waals surface area contributed by atoms with Crippen LogP contribution in [-0.2, 0) is 11.3 Å². The number of fused-ring (bicyclic) bond motifs is 1. The number of aromatic nitrogens is 5. The molecule has 0 saturated carbocycles. The maximum absolute atomic E-state index is 6.23. The average Bonchev–Trinajstić information content (AvgIpc) is 3.53. The molecule has 5 rings (SSSR count). The molecule has 0 atom stereocenters. The molecule has 4 heterocycles. The van der Waals surface area contributed by atoms with Crippen molar-refractivity contribution in [2.24, 2.45) is 0 Å². The van der Waals surface area contributed by atoms with Crippen LogP contribution >= 0.6 is 0 Å². The predicted molar refractivity (Wildman–Crippen MR) is 124 cm³/mol. The number of morpholine rings is 1. The van der Waals surface area contributed by atoms with E-state index in [2.05, 4.69) is 27.0 Å². The normalized spacial score (nSPS) is 14.6. The number of hydrogen-bond donors (Lipinski definition) is 0. The molecule has 0 N–H and O–H groups in total. The van der Waals surface area contributed by atoms with Crippen molar-refractivity contribution < 1.29 is 14.2 Å². The van der Waals surface area contributed by atoms with Gasteiger partial charge in [0.05, 0.1) is 32.3 Å². The van der Waals surface area contributed by atoms with Crippen molar-refractivity contribution in [2.75, 3.05) is 39.5 Å². The Labute approximate surface area is 192 Å². The molecule has 1 aliphatic heterocycles. The maximum atomic E-state index is 6.23. The van der Waals surface area contributed by atoms with Gasteiger partial charge in [-0.1, -0.05) is 0 Å². The van der Waals surface area contributed by atoms with Crippen LogP contribution < -0.4 is 9.47 Å². The van der Waals surface area contributed by atoms with Crippen molar-refractivity contribution in [3.05, 3.63) is 55.4 Å². The van der Waals surface area contributed by atoms with E-state index in [1.165, 1.54) is 0 Å². The van der Waals surface area contributed by atoms with Gasteiger partial charge in [-0.2, -0.15) is 0 Å². The summed E-state index contributed by atoms with van der Waals surface area (Å²) in [4.78, 5) is 6.68. The largest absolute Gasteiger partial charge is 0.494 e. The topological polar surface area (TPSA) is 78.9 Å². The minimum absolute atomic E-state index is 0.689. The van der Waals surface area contributed by atoms with Crippen LogP contribution in [0.4, 0.5) is 0 Å². The Hall–Kier alpha value is -3.43. The van der Waals surface area contributed by atoms with Gasteiger partial charge in [0.1, 0.15) is 23.3 Å². The SMILES string of the molecule is CCn1cnnc1-c1cc(Oc2ccc(OCCCN3CCOCC3)cc2)c2cncn2c1. The van der Waals surface area contributed by atoms with Crippen LogP contribution in [-0.4, -0.2) is 68.5 Å². The summed E-state index contributed by atoms with van der Waals surface area (Å²) in [5.41, 5.74) is 1.79. The van der Waals surface area contributed by atoms with E-state index < -0.39 is 0 Å². The predicted octanol–water partition coefficient (Wildman–Crippen LogP) is 3.51. The lowest BCUT2D eigenvalue weighted by atomic mass is 10.2. The van der Waals surface area contributed by atoms with Gasteiger partial charge in [0.25, 0.3) is 0 Å². The highest BCUT2D eigenvalue weighted by molar-refractivity contribution is 5.68. The van der Waals surface area contributed by atoms with Gasteiger partial charge >= 0.3 is 0 Å². The summed E-state index contributed by atoms with van der Waals surface area (Å²) >= 11 is 0. The minimum atomic E-state index is 0.689. The van der Waals surface area contributed by atoms with Crippen LogP contribution in [0.15, 0.2) is 55.4 Å². The number of hydrogen-bond acceptors (Lipinski definition) is 7. The first kappa shape index (κ1) is 21.4. The molecule has 1 fully saturated rings. The molecule has 0 amide bonds. The van der Waals surface area contributed by atoms with Crippen LogP contribution in [0.25, 0.3) is 16.9 Å². The fourth-order valence-electron chi connectivity index (χ4n) is 3.95. The van der Waals surface area contributed by atoms with Crippen LogP contribution in [0.3, 0.4) is 0 Å². The van der Waals surface area contributed by atoms with Crippen molar-refractivity contribution in [1.29, 1.82) is 0 Å². The van der Waals surface area contributed by atoms with E-state index >= 15 is 0 Å². The molecule has 3 aromatic heterocycles. The summed E-state index contributed by atoms with van der Waals surface area (Å²) in [6.07, 6.45) is 8.25. The second-order valence-electron chi connectivity index (χ2n) is 7.95. The summed E-state index contributed by atoms with van der Waals surface area (Å²) in [5, 5.41) is 8.31. The third-order valence-corrected chi connectivity index (χ3v) is 5.74. The number of benzene rings is 1. The number of pyridine rings is 1. The fraction of sp³-hybridized carbons (Fsp3) is 0.375. The number of nitrogens with zero attached hydrogens (tertiary/aromatic N) is 6. The van der Waals surface area contributed by atoms with Crippen molar-refractivity contribution >= 4 is 5.52 Å². The molecule has 172 valence electrons. The lowest BCUT2D eigenvalue weighted by molar-refractivity contribution is 0.0358. The Morgan fingerprint density at radius 2 is 1.88 bits per heavy atom. The molecule has 0 spiro atoms. The molecule has 4 aromatic rings. The van der Waals surface area contributed by atoms with Crippen LogP contribution in [0, 0.1) is 0 Å². The third kappa shape index (κ3) is 4.99. The second-order valence-corrected chi connectivity index (χ2v) is 7.95. The summed E-state index contributed by atoms with van der Waals surface area (Å²) in [6, 6.07) is 9.70. The highest BCUT2D eigenvalue weighted by Crippen LogP contribution is 2.31. The Morgan fingerprint density at radius 1 is 1.06 bits per heavy atom. The van der Waals surface area contributed by atoms with Gasteiger partial charge in [-0.05, 0) is 43.7 Å². The number of ether oxygens (including phenoxy) is 3. The first-order valence-corrected chi connectivity index (χ1v) is 11.3. The molecular weight excluding hydrogens is 420 g/mol. The van der Waals surface area contributed by atoms with Gasteiger partial charge < -0.3 is 23.2 Å². The highest BCUT2D eigenvalue weighted by atomic mass is 16.5. The molecule has 33 heavy (non-hydrogen) atoms. The molecular formula is C24H28N6O3. The summed E-state index contributed by atoms with van der Waals surface area (Å²) < 4.78 is 21.5. The smallest absolute Gasteiger partial charge is 0.165 e. The van der Waals surface area contributed by atoms with Crippen LogP contribution in [0.5, 0.6) is 17.2 Å². The zero-order chi connectivity index (χ0) is 22.5. The summed E-state index contributed by atoms with van der Waals surface area (Å²) in [6.45, 7) is 8.25. The molecule has 0 bridgehead atoms. The Bertz CT molecular complexity index is 1180. The molecule has 1 saturated heterocycles. The maximum Gasteiger partial charge on any atom is 0.165 e. The van der Waals surface area contributed by atoms with Crippen LogP contribution in [0.2, 0.25) is 0 Å². The lowest BCUT2D eigenvalue weighted by Crippen LogP contribution is -2.37. The third-order valence-electron chi connectivity index (χ3n) is 5.74. The molecule has 0 aliphatic carbocycles. The van der Waals surface area contributed by atoms with Gasteiger partial charge in [0.15, 0.2) is 11.6 Å². The lowest BCUT2D eigenvalue weighted by Gasteiger charge is -2.26. The van der Waals surface area contributed by atoms with Crippen molar-refractivity contribution in [1.82, 2.24) is 29.0 Å². The second kappa shape index (κ2) is 10.0. The minimum Gasteiger partial charge on any atom is -0.494 e. The molecule has 1 aromatic carbocycles. The van der Waals surface area contributed by atoms with E-state index in [9.17, 15) is 0 Å². The molecule has 0 radical (unpaired) electrons. The van der Waals surface area contributed by atoms with E-state index in [0.717, 1.165) is 74.2 Å². The Balaban J connectivity index is 1.24. The van der Waals surface area contributed by atoms with Crippen molar-refractivity contribution in [3.63, 3.8) is 0 Å². The molecule has 9 nitrogen and oxygen atoms in total. The fourth-order valence-corrected chi connectivity index (χ4v) is 3.95. The Kier molecular flexibility index (Phi) is 6.50. The van der Waals surface area contributed by atoms with Gasteiger partial charge in [0.2, 0.25) is 0 Å². The van der Waals surface area contributed by atoms with Crippen molar-refractivity contribution in [2.45, 2.75) is 19.9 Å². The van der Waals surface area contributed by atoms with E-state index in [4.69, 9.17) is 14.2 Å². The molecule has 0 unspecified atom stereocenters. The van der Waals surface area contributed by atoms with Gasteiger partial charge in [-0.3, -0.25) is 4.90 Å². The summed E-state index contributed by atoms with van der Waals surface area (Å²) in [5.74, 6) is 3.06. The van der Waals surface area contributed by atoms with Crippen LogP contribution in [0.1, 0.15) is 13.3 Å². The van der Waals surface area contributed by atoms with Gasteiger partial charge in [-0.15, -0.1) is 10.2 Å². The first-order chi connectivity index (χ1) is 16.3. The van der Waals surface area contributed by atoms with Gasteiger partial charge in [-0.25, -0.2) is 4.98 Å². The molecule has 1 aliphatic rings. The zero-order valence-electron chi connectivity index (χ0n) is 18.8. The first-order valence-electron chi connectivity index (χ1n) is 11.3. The summed E-state index contributed by atoms with van der Waals surface area (Å²) in [7, 11) is 0. The van der Waals surface area contributed by atoms with Crippen molar-refractivity contribution in [3.8, 4) is 28.6 Å². The van der Waals surface area contributed by atoms with Gasteiger partial charge in [0, 0.05) is 37.9 Å². The zero-order valence-corrected chi connectivity index (χ0v) is 18.8. The standard InChI is InChI=1S/C24H28N6O3/c1-2-29-18-26-27-24(29)19-14-23(22-15-25-17-30(22)16-19)33-21-6-4-20(5-7-21)32-11-3-8-28-9-12-31-13-10-28/h4-7,14-18H,2-3,8-13H2,1H3. The average molecular weight is 449 g/mol. The van der Waals surface area contributed by atoms with E-state index in [1.54, 1.807) is 18.9 Å². The van der Waals surface area contributed by atoms with E-state index in [-0.39, 0.29) is 0 Å². The Morgan fingerprint density at radius 3 is 2.70 bits per heavy atom. The van der Waals surface area contributed by atoms with E-state index in [1.807, 2.05) is 45.5 Å². The monoisotopic (exact) mass is 448 g/mol. The number of rotatable bonds is 9.